The molecule has 0 aliphatic heterocycles. The predicted molar refractivity (Wildman–Crippen MR) is 47.9 cm³/mol. The minimum absolute atomic E-state index is 0.128. The van der Waals surface area contributed by atoms with Crippen LogP contribution in [0.2, 0.25) is 5.02 Å². The molecule has 2 nitrogen and oxygen atoms in total. The lowest BCUT2D eigenvalue weighted by Gasteiger charge is -2.07. The third kappa shape index (κ3) is 1.70. The van der Waals surface area contributed by atoms with Gasteiger partial charge < -0.3 is 4.74 Å². The van der Waals surface area contributed by atoms with Crippen molar-refractivity contribution in [3.05, 3.63) is 28.3 Å². The van der Waals surface area contributed by atoms with Crippen molar-refractivity contribution in [3.63, 3.8) is 0 Å². The van der Waals surface area contributed by atoms with Gasteiger partial charge in [0.1, 0.15) is 0 Å². The van der Waals surface area contributed by atoms with Gasteiger partial charge in [-0.1, -0.05) is 11.6 Å². The van der Waals surface area contributed by atoms with Gasteiger partial charge in [-0.05, 0) is 13.0 Å². The summed E-state index contributed by atoms with van der Waals surface area (Å²) >= 11 is 5.57. The van der Waals surface area contributed by atoms with Crippen molar-refractivity contribution >= 4 is 17.4 Å². The second-order valence-electron chi connectivity index (χ2n) is 2.62. The highest BCUT2D eigenvalue weighted by Gasteiger charge is 2.20. The Kier molecular flexibility index (Phi) is 3.06. The highest BCUT2D eigenvalue weighted by molar-refractivity contribution is 6.32. The Balaban J connectivity index is 3.47. The van der Waals surface area contributed by atoms with E-state index in [9.17, 15) is 13.6 Å². The lowest BCUT2D eigenvalue weighted by molar-refractivity contribution is 0.101. The largest absolute Gasteiger partial charge is 0.492 e. The molecule has 0 saturated carbocycles. The van der Waals surface area contributed by atoms with Crippen molar-refractivity contribution in [2.45, 2.75) is 6.92 Å². The third-order valence-electron chi connectivity index (χ3n) is 1.70. The van der Waals surface area contributed by atoms with E-state index < -0.39 is 23.2 Å². The molecular weight excluding hydrogens is 214 g/mol. The average Bonchev–Trinajstić information content (AvgIpc) is 2.12. The molecule has 0 saturated heterocycles. The molecule has 0 N–H and O–H groups in total. The van der Waals surface area contributed by atoms with Gasteiger partial charge >= 0.3 is 0 Å². The Morgan fingerprint density at radius 3 is 2.43 bits per heavy atom. The molecule has 14 heavy (non-hydrogen) atoms. The molecule has 0 heterocycles. The summed E-state index contributed by atoms with van der Waals surface area (Å²) in [5.41, 5.74) is -0.381. The number of Topliss-reactive ketones (excluding diaryl/α,β-unsaturated/α-hetero) is 1. The summed E-state index contributed by atoms with van der Waals surface area (Å²) in [5, 5.41) is -0.128. The van der Waals surface area contributed by atoms with Crippen LogP contribution in [0.5, 0.6) is 5.75 Å². The molecule has 0 aliphatic carbocycles. The van der Waals surface area contributed by atoms with Crippen molar-refractivity contribution < 1.29 is 18.3 Å². The Morgan fingerprint density at radius 1 is 1.43 bits per heavy atom. The molecule has 1 aromatic carbocycles. The molecule has 0 spiro atoms. The second kappa shape index (κ2) is 3.92. The number of ketones is 1. The molecule has 0 amide bonds. The summed E-state index contributed by atoms with van der Waals surface area (Å²) in [6, 6.07) is 1.04. The molecule has 1 rings (SSSR count). The number of methoxy groups -OCH3 is 1. The molecule has 0 bridgehead atoms. The van der Waals surface area contributed by atoms with Crippen molar-refractivity contribution in [1.82, 2.24) is 0 Å². The van der Waals surface area contributed by atoms with E-state index in [0.29, 0.717) is 0 Å². The first-order valence-corrected chi connectivity index (χ1v) is 4.09. The van der Waals surface area contributed by atoms with E-state index in [4.69, 9.17) is 11.6 Å². The number of benzene rings is 1. The molecule has 0 radical (unpaired) electrons. The van der Waals surface area contributed by atoms with E-state index in [0.717, 1.165) is 20.1 Å². The molecule has 76 valence electrons. The maximum Gasteiger partial charge on any atom is 0.202 e. The fraction of sp³-hybridized carbons (Fsp3) is 0.222. The van der Waals surface area contributed by atoms with Gasteiger partial charge in [-0.2, -0.15) is 4.39 Å². The van der Waals surface area contributed by atoms with E-state index in [1.807, 2.05) is 0 Å². The smallest absolute Gasteiger partial charge is 0.202 e. The first-order chi connectivity index (χ1) is 6.49. The molecule has 0 aromatic heterocycles. The lowest BCUT2D eigenvalue weighted by Crippen LogP contribution is -2.02. The highest BCUT2D eigenvalue weighted by Crippen LogP contribution is 2.31. The number of ether oxygens (including phenoxy) is 1. The van der Waals surface area contributed by atoms with Crippen LogP contribution in [0, 0.1) is 11.6 Å². The van der Waals surface area contributed by atoms with Gasteiger partial charge in [0.25, 0.3) is 0 Å². The number of carbonyl (C=O) groups is 1. The Bertz CT molecular complexity index is 391. The van der Waals surface area contributed by atoms with Gasteiger partial charge in [0, 0.05) is 0 Å². The Morgan fingerprint density at radius 2 is 2.00 bits per heavy atom. The first kappa shape index (κ1) is 10.9. The lowest BCUT2D eigenvalue weighted by atomic mass is 10.1. The Hall–Kier alpha value is -1.16. The van der Waals surface area contributed by atoms with Gasteiger partial charge in [-0.25, -0.2) is 4.39 Å². The standard InChI is InChI=1S/C9H7ClF2O2/c1-4(13)5-3-6(10)9(14-2)8(12)7(5)11/h3H,1-2H3. The van der Waals surface area contributed by atoms with E-state index in [1.165, 1.54) is 0 Å². The van der Waals surface area contributed by atoms with Crippen LogP contribution in [0.15, 0.2) is 6.07 Å². The normalized spacial score (nSPS) is 10.1. The molecule has 0 aliphatic rings. The summed E-state index contributed by atoms with van der Waals surface area (Å²) in [6.07, 6.45) is 0. The zero-order chi connectivity index (χ0) is 10.9. The summed E-state index contributed by atoms with van der Waals surface area (Å²) in [5.74, 6) is -3.47. The minimum atomic E-state index is -1.25. The number of carbonyl (C=O) groups excluding carboxylic acids is 1. The van der Waals surface area contributed by atoms with Gasteiger partial charge in [-0.3, -0.25) is 4.79 Å². The summed E-state index contributed by atoms with van der Waals surface area (Å²) in [7, 11) is 1.16. The number of rotatable bonds is 2. The first-order valence-electron chi connectivity index (χ1n) is 3.71. The molecule has 5 heteroatoms. The van der Waals surface area contributed by atoms with E-state index in [1.54, 1.807) is 0 Å². The number of halogens is 3. The summed E-state index contributed by atoms with van der Waals surface area (Å²) in [6.45, 7) is 1.13. The van der Waals surface area contributed by atoms with Gasteiger partial charge in [-0.15, -0.1) is 0 Å². The van der Waals surface area contributed by atoms with Gasteiger partial charge in [0.15, 0.2) is 17.3 Å². The summed E-state index contributed by atoms with van der Waals surface area (Å²) < 4.78 is 30.8. The van der Waals surface area contributed by atoms with Crippen molar-refractivity contribution in [1.29, 1.82) is 0 Å². The average molecular weight is 221 g/mol. The minimum Gasteiger partial charge on any atom is -0.492 e. The van der Waals surface area contributed by atoms with E-state index in [2.05, 4.69) is 4.74 Å². The number of hydrogen-bond acceptors (Lipinski definition) is 2. The maximum atomic E-state index is 13.1. The fourth-order valence-electron chi connectivity index (χ4n) is 1.02. The molecule has 0 atom stereocenters. The van der Waals surface area contributed by atoms with Crippen LogP contribution in [0.25, 0.3) is 0 Å². The van der Waals surface area contributed by atoms with E-state index in [-0.39, 0.29) is 10.6 Å². The predicted octanol–water partition coefficient (Wildman–Crippen LogP) is 2.83. The maximum absolute atomic E-state index is 13.1. The monoisotopic (exact) mass is 220 g/mol. The van der Waals surface area contributed by atoms with Crippen LogP contribution in [-0.2, 0) is 0 Å². The highest BCUT2D eigenvalue weighted by atomic mass is 35.5. The van der Waals surface area contributed by atoms with Crippen LogP contribution in [-0.4, -0.2) is 12.9 Å². The molecule has 0 unspecified atom stereocenters. The third-order valence-corrected chi connectivity index (χ3v) is 1.98. The van der Waals surface area contributed by atoms with Crippen molar-refractivity contribution in [3.8, 4) is 5.75 Å². The van der Waals surface area contributed by atoms with Gasteiger partial charge in [0.05, 0.1) is 17.7 Å². The molecular formula is C9H7ClF2O2. The molecule has 0 fully saturated rings. The summed E-state index contributed by atoms with van der Waals surface area (Å²) in [4.78, 5) is 10.9. The Labute approximate surface area is 84.4 Å². The van der Waals surface area contributed by atoms with Crippen LogP contribution in [0.3, 0.4) is 0 Å². The zero-order valence-corrected chi connectivity index (χ0v) is 8.28. The molecule has 1 aromatic rings. The van der Waals surface area contributed by atoms with E-state index >= 15 is 0 Å². The van der Waals surface area contributed by atoms with Gasteiger partial charge in [0.2, 0.25) is 5.82 Å². The van der Waals surface area contributed by atoms with Crippen LogP contribution in [0.4, 0.5) is 8.78 Å². The van der Waals surface area contributed by atoms with Crippen molar-refractivity contribution in [2.24, 2.45) is 0 Å². The second-order valence-corrected chi connectivity index (χ2v) is 3.03. The van der Waals surface area contributed by atoms with Crippen molar-refractivity contribution in [2.75, 3.05) is 7.11 Å². The quantitative estimate of drug-likeness (QED) is 0.566. The van der Waals surface area contributed by atoms with Crippen LogP contribution < -0.4 is 4.74 Å². The zero-order valence-electron chi connectivity index (χ0n) is 7.53. The SMILES string of the molecule is COc1c(Cl)cc(C(C)=O)c(F)c1F. The topological polar surface area (TPSA) is 26.3 Å². The van der Waals surface area contributed by atoms with Crippen LogP contribution >= 0.6 is 11.6 Å². The van der Waals surface area contributed by atoms with Crippen LogP contribution in [0.1, 0.15) is 17.3 Å². The fourth-order valence-corrected chi connectivity index (χ4v) is 1.29. The number of hydrogen-bond donors (Lipinski definition) is 0.